The lowest BCUT2D eigenvalue weighted by Gasteiger charge is -2.50. The molecule has 0 bridgehead atoms. The number of hydrogen-bond acceptors (Lipinski definition) is 8. The van der Waals surface area contributed by atoms with Crippen molar-refractivity contribution in [3.63, 3.8) is 0 Å². The number of carbonyl (C=O) groups excluding carboxylic acids is 5. The zero-order chi connectivity index (χ0) is 33.4. The van der Waals surface area contributed by atoms with Gasteiger partial charge in [-0.1, -0.05) is 47.5 Å². The Labute approximate surface area is 271 Å². The molecule has 47 heavy (non-hydrogen) atoms. The number of aromatic hydroxyl groups is 1. The second-order valence-electron chi connectivity index (χ2n) is 12.0. The van der Waals surface area contributed by atoms with Crippen LogP contribution in [0.5, 0.6) is 5.75 Å². The molecule has 3 fully saturated rings. The highest BCUT2D eigenvalue weighted by atomic mass is 35.5. The van der Waals surface area contributed by atoms with E-state index in [0.717, 1.165) is 30.3 Å². The van der Waals surface area contributed by atoms with E-state index in [1.807, 2.05) is 0 Å². The molecule has 3 aromatic carbocycles. The van der Waals surface area contributed by atoms with Crippen LogP contribution in [0.4, 0.5) is 19.3 Å². The maximum absolute atomic E-state index is 15.1. The van der Waals surface area contributed by atoms with Crippen molar-refractivity contribution in [3.05, 3.63) is 106 Å². The predicted octanol–water partition coefficient (Wildman–Crippen LogP) is 5.08. The predicted molar refractivity (Wildman–Crippen MR) is 161 cm³/mol. The Morgan fingerprint density at radius 2 is 1.66 bits per heavy atom. The molecule has 5 amide bonds. The van der Waals surface area contributed by atoms with Crippen LogP contribution in [-0.4, -0.2) is 51.8 Å². The Morgan fingerprint density at radius 1 is 0.957 bits per heavy atom. The fourth-order valence-corrected chi connectivity index (χ4v) is 8.16. The summed E-state index contributed by atoms with van der Waals surface area (Å²) in [6.07, 6.45) is 0.447. The van der Waals surface area contributed by atoms with Crippen molar-refractivity contribution in [2.75, 3.05) is 12.5 Å². The van der Waals surface area contributed by atoms with Gasteiger partial charge in [0.15, 0.2) is 11.6 Å². The lowest BCUT2D eigenvalue weighted by molar-refractivity contribution is -0.140. The second-order valence-corrected chi connectivity index (χ2v) is 12.5. The van der Waals surface area contributed by atoms with Crippen LogP contribution >= 0.6 is 11.6 Å². The average molecular weight is 662 g/mol. The maximum atomic E-state index is 15.1. The molecule has 6 unspecified atom stereocenters. The number of para-hydroxylation sites is 1. The van der Waals surface area contributed by atoms with Crippen LogP contribution in [-0.2, 0) is 29.3 Å². The Kier molecular flexibility index (Phi) is 7.16. The summed E-state index contributed by atoms with van der Waals surface area (Å²) in [4.78, 5) is 69.5. The van der Waals surface area contributed by atoms with Crippen LogP contribution in [0.15, 0.2) is 78.4 Å². The summed E-state index contributed by atoms with van der Waals surface area (Å²) in [5.41, 5.74) is 1.99. The largest absolute Gasteiger partial charge is 0.505 e. The number of hydrazine groups is 1. The number of phenolic OH excluding ortho intramolecular Hbond substituents is 1. The number of halogens is 3. The number of carbonyl (C=O) groups is 5. The van der Waals surface area contributed by atoms with E-state index in [9.17, 15) is 33.5 Å². The normalized spacial score (nSPS) is 28.1. The zero-order valence-electron chi connectivity index (χ0n) is 24.7. The molecule has 4 aliphatic rings. The zero-order valence-corrected chi connectivity index (χ0v) is 25.4. The minimum absolute atomic E-state index is 0.00217. The highest BCUT2D eigenvalue weighted by Gasteiger charge is 2.71. The van der Waals surface area contributed by atoms with E-state index in [1.165, 1.54) is 24.3 Å². The number of ether oxygens (including phenoxy) is 1. The number of nitrogens with one attached hydrogen (secondary N) is 1. The minimum atomic E-state index is -1.80. The number of methoxy groups -OCH3 is 1. The molecule has 0 spiro atoms. The molecule has 3 aromatic rings. The van der Waals surface area contributed by atoms with Crippen molar-refractivity contribution in [2.45, 2.75) is 24.2 Å². The lowest BCUT2D eigenvalue weighted by Crippen LogP contribution is -2.53. The fourth-order valence-electron chi connectivity index (χ4n) is 8.04. The smallest absolute Gasteiger partial charge is 0.423 e. The SMILES string of the molecule is COC(=O)N1C(=O)C2CC=C3C(CC4C(=O)N(Nc5ccc(F)cc5)C(=O)C4(c4ccc(Cl)cc4)C3c3cccc(F)c3O)C2C1=O. The van der Waals surface area contributed by atoms with Gasteiger partial charge in [0, 0.05) is 16.5 Å². The fraction of sp³-hybridized carbons (Fsp3) is 0.265. The Hall–Kier alpha value is -5.10. The van der Waals surface area contributed by atoms with E-state index in [0.29, 0.717) is 21.1 Å². The molecule has 240 valence electrons. The van der Waals surface area contributed by atoms with E-state index in [4.69, 9.17) is 16.3 Å². The standard InChI is InChI=1S/C34H26ClF2N3O7/c1-47-33(46)39-29(42)21-14-13-20-23(26(21)31(39)44)15-24-30(43)40(38-19-11-9-18(36)10-12-19)32(45)34(24,16-5-7-17(35)8-6-16)27(20)22-3-2-4-25(37)28(22)41/h2-13,21,23-24,26-27,38,41H,14-15H2,1H3. The number of amides is 5. The molecule has 2 N–H and O–H groups in total. The van der Waals surface area contributed by atoms with Crippen molar-refractivity contribution in [2.24, 2.45) is 23.7 Å². The Morgan fingerprint density at radius 3 is 2.34 bits per heavy atom. The first-order chi connectivity index (χ1) is 22.5. The molecule has 2 aliphatic carbocycles. The molecule has 13 heteroatoms. The molecule has 2 aliphatic heterocycles. The molecular formula is C34H26ClF2N3O7. The summed E-state index contributed by atoms with van der Waals surface area (Å²) in [6.45, 7) is 0. The van der Waals surface area contributed by atoms with E-state index in [-0.39, 0.29) is 24.1 Å². The summed E-state index contributed by atoms with van der Waals surface area (Å²) in [7, 11) is 1.05. The van der Waals surface area contributed by atoms with Gasteiger partial charge in [-0.15, -0.1) is 0 Å². The van der Waals surface area contributed by atoms with E-state index < -0.39 is 82.1 Å². The number of benzene rings is 3. The molecule has 2 saturated heterocycles. The molecule has 6 atom stereocenters. The molecule has 10 nitrogen and oxygen atoms in total. The number of fused-ring (bicyclic) bond motifs is 4. The number of anilines is 1. The minimum Gasteiger partial charge on any atom is -0.505 e. The van der Waals surface area contributed by atoms with Gasteiger partial charge in [0.1, 0.15) is 5.82 Å². The van der Waals surface area contributed by atoms with Gasteiger partial charge >= 0.3 is 6.09 Å². The number of imide groups is 4. The molecular weight excluding hydrogens is 636 g/mol. The van der Waals surface area contributed by atoms with Crippen molar-refractivity contribution in [1.82, 2.24) is 9.91 Å². The Balaban J connectivity index is 1.47. The van der Waals surface area contributed by atoms with Crippen LogP contribution < -0.4 is 5.43 Å². The number of phenols is 1. The van der Waals surface area contributed by atoms with Gasteiger partial charge in [0.05, 0.1) is 36.0 Å². The van der Waals surface area contributed by atoms with Crippen LogP contribution in [0.1, 0.15) is 29.9 Å². The van der Waals surface area contributed by atoms with Crippen molar-refractivity contribution < 1.29 is 42.6 Å². The topological polar surface area (TPSA) is 133 Å². The third-order valence-electron chi connectivity index (χ3n) is 9.94. The molecule has 0 radical (unpaired) electrons. The monoisotopic (exact) mass is 661 g/mol. The summed E-state index contributed by atoms with van der Waals surface area (Å²) in [6, 6.07) is 15.1. The lowest BCUT2D eigenvalue weighted by atomic mass is 9.49. The van der Waals surface area contributed by atoms with Crippen LogP contribution in [0.2, 0.25) is 5.02 Å². The number of nitrogens with zero attached hydrogens (tertiary/aromatic N) is 2. The first kappa shape index (κ1) is 30.5. The first-order valence-corrected chi connectivity index (χ1v) is 15.2. The highest BCUT2D eigenvalue weighted by Crippen LogP contribution is 2.65. The molecule has 7 rings (SSSR count). The highest BCUT2D eigenvalue weighted by molar-refractivity contribution is 6.30. The third-order valence-corrected chi connectivity index (χ3v) is 10.2. The van der Waals surface area contributed by atoms with Gasteiger partial charge in [0.2, 0.25) is 11.8 Å². The van der Waals surface area contributed by atoms with E-state index in [2.05, 4.69) is 5.43 Å². The number of hydrogen-bond donors (Lipinski definition) is 2. The third kappa shape index (κ3) is 4.31. The number of rotatable bonds is 4. The van der Waals surface area contributed by atoms with Gasteiger partial charge in [-0.05, 0) is 66.8 Å². The second kappa shape index (κ2) is 11.0. The van der Waals surface area contributed by atoms with Crippen molar-refractivity contribution in [1.29, 1.82) is 0 Å². The summed E-state index contributed by atoms with van der Waals surface area (Å²) in [5.74, 6) is -10.6. The molecule has 1 saturated carbocycles. The number of likely N-dealkylation sites (tertiary alicyclic amines) is 1. The van der Waals surface area contributed by atoms with Gasteiger partial charge in [-0.2, -0.15) is 9.91 Å². The maximum Gasteiger partial charge on any atom is 0.423 e. The number of allylic oxidation sites excluding steroid dienone is 2. The van der Waals surface area contributed by atoms with Gasteiger partial charge < -0.3 is 9.84 Å². The molecule has 0 aromatic heterocycles. The molecule has 2 heterocycles. The average Bonchev–Trinajstić information content (AvgIpc) is 3.44. The van der Waals surface area contributed by atoms with E-state index in [1.54, 1.807) is 30.3 Å². The van der Waals surface area contributed by atoms with Crippen molar-refractivity contribution >= 4 is 47.0 Å². The summed E-state index contributed by atoms with van der Waals surface area (Å²) < 4.78 is 33.5. The quantitative estimate of drug-likeness (QED) is 0.292. The van der Waals surface area contributed by atoms with Crippen LogP contribution in [0.25, 0.3) is 0 Å². The van der Waals surface area contributed by atoms with E-state index >= 15 is 4.39 Å². The van der Waals surface area contributed by atoms with Gasteiger partial charge in [-0.3, -0.25) is 24.6 Å². The van der Waals surface area contributed by atoms with Gasteiger partial charge in [-0.25, -0.2) is 13.6 Å². The van der Waals surface area contributed by atoms with Crippen molar-refractivity contribution in [3.8, 4) is 5.75 Å². The van der Waals surface area contributed by atoms with Crippen LogP contribution in [0, 0.1) is 35.3 Å². The summed E-state index contributed by atoms with van der Waals surface area (Å²) >= 11 is 6.24. The first-order valence-electron chi connectivity index (χ1n) is 14.8. The Bertz CT molecular complexity index is 1900. The van der Waals surface area contributed by atoms with Gasteiger partial charge in [0.25, 0.3) is 11.8 Å². The van der Waals surface area contributed by atoms with Crippen LogP contribution in [0.3, 0.4) is 0 Å². The summed E-state index contributed by atoms with van der Waals surface area (Å²) in [5, 5.41) is 12.4.